The molecule has 5 nitrogen and oxygen atoms in total. The third-order valence-electron chi connectivity index (χ3n) is 2.96. The summed E-state index contributed by atoms with van der Waals surface area (Å²) in [7, 11) is 1.61. The first-order valence-electron chi connectivity index (χ1n) is 6.10. The number of carbonyl (C=O) groups is 1. The van der Waals surface area contributed by atoms with Crippen molar-refractivity contribution in [3.05, 3.63) is 53.6 Å². The molecule has 0 saturated carbocycles. The van der Waals surface area contributed by atoms with Gasteiger partial charge in [0.2, 0.25) is 0 Å². The molecule has 0 bridgehead atoms. The van der Waals surface area contributed by atoms with Gasteiger partial charge in [-0.05, 0) is 29.8 Å². The second kappa shape index (κ2) is 5.97. The van der Waals surface area contributed by atoms with Crippen molar-refractivity contribution in [3.8, 4) is 5.75 Å². The summed E-state index contributed by atoms with van der Waals surface area (Å²) in [5.41, 5.74) is 7.85. The first-order chi connectivity index (χ1) is 9.61. The number of methoxy groups -OCH3 is 1. The van der Waals surface area contributed by atoms with Crippen LogP contribution in [0.3, 0.4) is 0 Å². The van der Waals surface area contributed by atoms with Crippen LogP contribution in [0, 0.1) is 0 Å². The van der Waals surface area contributed by atoms with Crippen molar-refractivity contribution in [3.63, 3.8) is 0 Å². The SMILES string of the molecule is COc1ccc(CNc2c(N)cccc2C(=O)O)cc1. The number of benzene rings is 2. The predicted octanol–water partition coefficient (Wildman–Crippen LogP) is 2.59. The van der Waals surface area contributed by atoms with Gasteiger partial charge in [0.05, 0.1) is 24.0 Å². The number of carboxylic acid groups (broad SMARTS) is 1. The number of para-hydroxylation sites is 1. The van der Waals surface area contributed by atoms with Crippen LogP contribution in [-0.2, 0) is 6.54 Å². The van der Waals surface area contributed by atoms with Gasteiger partial charge in [0, 0.05) is 6.54 Å². The number of hydrogen-bond donors (Lipinski definition) is 3. The Bertz CT molecular complexity index is 609. The highest BCUT2D eigenvalue weighted by Crippen LogP contribution is 2.24. The van der Waals surface area contributed by atoms with Crippen molar-refractivity contribution >= 4 is 17.3 Å². The number of anilines is 2. The maximum Gasteiger partial charge on any atom is 0.337 e. The van der Waals surface area contributed by atoms with Crippen LogP contribution in [0.25, 0.3) is 0 Å². The molecule has 0 fully saturated rings. The number of aromatic carboxylic acids is 1. The molecular weight excluding hydrogens is 256 g/mol. The fraction of sp³-hybridized carbons (Fsp3) is 0.133. The lowest BCUT2D eigenvalue weighted by molar-refractivity contribution is 0.0698. The molecule has 0 spiro atoms. The summed E-state index contributed by atoms with van der Waals surface area (Å²) < 4.78 is 5.08. The van der Waals surface area contributed by atoms with E-state index in [-0.39, 0.29) is 5.56 Å². The molecule has 2 aromatic rings. The van der Waals surface area contributed by atoms with Gasteiger partial charge < -0.3 is 20.9 Å². The molecule has 2 aromatic carbocycles. The van der Waals surface area contributed by atoms with Gasteiger partial charge in [-0.2, -0.15) is 0 Å². The summed E-state index contributed by atoms with van der Waals surface area (Å²) in [5.74, 6) is -0.228. The minimum atomic E-state index is -1.01. The van der Waals surface area contributed by atoms with Crippen molar-refractivity contribution in [1.82, 2.24) is 0 Å². The van der Waals surface area contributed by atoms with Gasteiger partial charge in [-0.1, -0.05) is 18.2 Å². The zero-order chi connectivity index (χ0) is 14.5. The summed E-state index contributed by atoms with van der Waals surface area (Å²) >= 11 is 0. The number of nitrogens with two attached hydrogens (primary N) is 1. The fourth-order valence-corrected chi connectivity index (χ4v) is 1.88. The van der Waals surface area contributed by atoms with Gasteiger partial charge in [0.15, 0.2) is 0 Å². The van der Waals surface area contributed by atoms with Gasteiger partial charge in [-0.25, -0.2) is 4.79 Å². The molecule has 0 atom stereocenters. The van der Waals surface area contributed by atoms with Crippen molar-refractivity contribution in [1.29, 1.82) is 0 Å². The molecule has 0 aliphatic heterocycles. The Balaban J connectivity index is 2.16. The number of nitrogen functional groups attached to an aromatic ring is 1. The van der Waals surface area contributed by atoms with Crippen molar-refractivity contribution in [2.24, 2.45) is 0 Å². The predicted molar refractivity (Wildman–Crippen MR) is 78.1 cm³/mol. The Morgan fingerprint density at radius 1 is 1.25 bits per heavy atom. The maximum atomic E-state index is 11.2. The molecule has 5 heteroatoms. The summed E-state index contributed by atoms with van der Waals surface area (Å²) in [4.78, 5) is 11.2. The second-order valence-electron chi connectivity index (χ2n) is 4.28. The first-order valence-corrected chi connectivity index (χ1v) is 6.10. The van der Waals surface area contributed by atoms with E-state index in [2.05, 4.69) is 5.32 Å². The molecule has 0 aliphatic rings. The van der Waals surface area contributed by atoms with Crippen LogP contribution in [0.15, 0.2) is 42.5 Å². The van der Waals surface area contributed by atoms with Gasteiger partial charge in [0.25, 0.3) is 0 Å². The van der Waals surface area contributed by atoms with Crippen molar-refractivity contribution < 1.29 is 14.6 Å². The lowest BCUT2D eigenvalue weighted by atomic mass is 10.1. The van der Waals surface area contributed by atoms with Crippen LogP contribution in [0.5, 0.6) is 5.75 Å². The highest BCUT2D eigenvalue weighted by Gasteiger charge is 2.12. The van der Waals surface area contributed by atoms with Crippen LogP contribution < -0.4 is 15.8 Å². The molecule has 0 heterocycles. The summed E-state index contributed by atoms with van der Waals surface area (Å²) in [5, 5.41) is 12.2. The Morgan fingerprint density at radius 3 is 2.55 bits per heavy atom. The van der Waals surface area contributed by atoms with E-state index in [4.69, 9.17) is 15.6 Å². The summed E-state index contributed by atoms with van der Waals surface area (Å²) in [6.45, 7) is 0.485. The molecule has 2 rings (SSSR count). The Kier molecular flexibility index (Phi) is 4.10. The normalized spacial score (nSPS) is 10.1. The van der Waals surface area contributed by atoms with Crippen LogP contribution in [-0.4, -0.2) is 18.2 Å². The van der Waals surface area contributed by atoms with E-state index in [1.54, 1.807) is 19.2 Å². The molecule has 0 unspecified atom stereocenters. The zero-order valence-electron chi connectivity index (χ0n) is 11.1. The molecule has 4 N–H and O–H groups in total. The third kappa shape index (κ3) is 3.00. The molecular formula is C15H16N2O3. The van der Waals surface area contributed by atoms with Crippen molar-refractivity contribution in [2.45, 2.75) is 6.54 Å². The van der Waals surface area contributed by atoms with E-state index in [9.17, 15) is 4.79 Å². The quantitative estimate of drug-likeness (QED) is 0.728. The van der Waals surface area contributed by atoms with E-state index in [1.165, 1.54) is 6.07 Å². The fourth-order valence-electron chi connectivity index (χ4n) is 1.88. The highest BCUT2D eigenvalue weighted by atomic mass is 16.5. The molecule has 104 valence electrons. The smallest absolute Gasteiger partial charge is 0.337 e. The van der Waals surface area contributed by atoms with E-state index in [0.29, 0.717) is 17.9 Å². The van der Waals surface area contributed by atoms with Crippen LogP contribution in [0.4, 0.5) is 11.4 Å². The number of ether oxygens (including phenoxy) is 1. The average molecular weight is 272 g/mol. The number of hydrogen-bond acceptors (Lipinski definition) is 4. The minimum Gasteiger partial charge on any atom is -0.497 e. The summed E-state index contributed by atoms with van der Waals surface area (Å²) in [6.07, 6.45) is 0. The monoisotopic (exact) mass is 272 g/mol. The highest BCUT2D eigenvalue weighted by molar-refractivity contribution is 5.97. The summed E-state index contributed by atoms with van der Waals surface area (Å²) in [6, 6.07) is 12.3. The van der Waals surface area contributed by atoms with E-state index in [0.717, 1.165) is 11.3 Å². The van der Waals surface area contributed by atoms with Crippen LogP contribution in [0.2, 0.25) is 0 Å². The van der Waals surface area contributed by atoms with Gasteiger partial charge in [-0.3, -0.25) is 0 Å². The molecule has 0 saturated heterocycles. The maximum absolute atomic E-state index is 11.2. The molecule has 0 aromatic heterocycles. The van der Waals surface area contributed by atoms with E-state index < -0.39 is 5.97 Å². The molecule has 0 amide bonds. The zero-order valence-corrected chi connectivity index (χ0v) is 11.1. The lowest BCUT2D eigenvalue weighted by Crippen LogP contribution is -2.08. The van der Waals surface area contributed by atoms with E-state index in [1.807, 2.05) is 24.3 Å². The van der Waals surface area contributed by atoms with Gasteiger partial charge in [-0.15, -0.1) is 0 Å². The molecule has 20 heavy (non-hydrogen) atoms. The molecule has 0 aliphatic carbocycles. The lowest BCUT2D eigenvalue weighted by Gasteiger charge is -2.12. The van der Waals surface area contributed by atoms with Crippen molar-refractivity contribution in [2.75, 3.05) is 18.2 Å². The average Bonchev–Trinajstić information content (AvgIpc) is 2.46. The second-order valence-corrected chi connectivity index (χ2v) is 4.28. The number of rotatable bonds is 5. The standard InChI is InChI=1S/C15H16N2O3/c1-20-11-7-5-10(6-8-11)9-17-14-12(15(18)19)3-2-4-13(14)16/h2-8,17H,9,16H2,1H3,(H,18,19). The Hall–Kier alpha value is -2.69. The number of carboxylic acids is 1. The third-order valence-corrected chi connectivity index (χ3v) is 2.96. The van der Waals surface area contributed by atoms with Crippen LogP contribution in [0.1, 0.15) is 15.9 Å². The van der Waals surface area contributed by atoms with E-state index >= 15 is 0 Å². The molecule has 0 radical (unpaired) electrons. The minimum absolute atomic E-state index is 0.165. The van der Waals surface area contributed by atoms with Crippen LogP contribution >= 0.6 is 0 Å². The topological polar surface area (TPSA) is 84.6 Å². The first kappa shape index (κ1) is 13.7. The number of nitrogens with one attached hydrogen (secondary N) is 1. The van der Waals surface area contributed by atoms with Gasteiger partial charge >= 0.3 is 5.97 Å². The largest absolute Gasteiger partial charge is 0.497 e. The Morgan fingerprint density at radius 2 is 1.95 bits per heavy atom. The Labute approximate surface area is 117 Å². The van der Waals surface area contributed by atoms with Gasteiger partial charge in [0.1, 0.15) is 5.75 Å².